The molecule has 0 aliphatic carbocycles. The summed E-state index contributed by atoms with van der Waals surface area (Å²) in [5, 5.41) is 10.7. The Kier molecular flexibility index (Phi) is 3.85. The van der Waals surface area contributed by atoms with E-state index < -0.39 is 26.5 Å². The fourth-order valence-electron chi connectivity index (χ4n) is 1.70. The summed E-state index contributed by atoms with van der Waals surface area (Å²) in [4.78, 5) is 13.1. The fourth-order valence-corrected chi connectivity index (χ4v) is 3.00. The molecule has 0 fully saturated rings. The van der Waals surface area contributed by atoms with Crippen LogP contribution < -0.4 is 4.72 Å². The standard InChI is InChI=1S/C12H10FN3O4S/c1-8-5-10(13)11(16(17)18)6-12(8)21(19,20)15-9-3-2-4-14-7-9/h2-7,15H,1H3. The summed E-state index contributed by atoms with van der Waals surface area (Å²) in [5.74, 6) is -1.09. The van der Waals surface area contributed by atoms with Crippen molar-refractivity contribution < 1.29 is 17.7 Å². The molecule has 0 amide bonds. The number of aromatic nitrogens is 1. The molecule has 0 radical (unpaired) electrons. The molecular weight excluding hydrogens is 301 g/mol. The first-order chi connectivity index (χ1) is 9.81. The third-order valence-corrected chi connectivity index (χ3v) is 4.17. The first-order valence-electron chi connectivity index (χ1n) is 5.68. The summed E-state index contributed by atoms with van der Waals surface area (Å²) in [5.41, 5.74) is -0.634. The number of hydrogen-bond donors (Lipinski definition) is 1. The highest BCUT2D eigenvalue weighted by molar-refractivity contribution is 7.92. The van der Waals surface area contributed by atoms with E-state index in [9.17, 15) is 22.9 Å². The summed E-state index contributed by atoms with van der Waals surface area (Å²) in [6.45, 7) is 1.35. The van der Waals surface area contributed by atoms with Gasteiger partial charge in [0.1, 0.15) is 0 Å². The molecule has 0 saturated heterocycles. The number of nitro groups is 1. The Morgan fingerprint density at radius 3 is 2.67 bits per heavy atom. The van der Waals surface area contributed by atoms with Crippen molar-refractivity contribution in [2.45, 2.75) is 11.8 Å². The van der Waals surface area contributed by atoms with E-state index in [-0.39, 0.29) is 16.1 Å². The highest BCUT2D eigenvalue weighted by Crippen LogP contribution is 2.26. The van der Waals surface area contributed by atoms with Crippen LogP contribution in [0.15, 0.2) is 41.6 Å². The number of hydrogen-bond acceptors (Lipinski definition) is 5. The maximum Gasteiger partial charge on any atom is 0.306 e. The summed E-state index contributed by atoms with van der Waals surface area (Å²) in [6.07, 6.45) is 2.75. The van der Waals surface area contributed by atoms with Crippen LogP contribution in [0.4, 0.5) is 15.8 Å². The maximum atomic E-state index is 13.4. The van der Waals surface area contributed by atoms with Crippen molar-refractivity contribution in [2.75, 3.05) is 4.72 Å². The molecule has 9 heteroatoms. The van der Waals surface area contributed by atoms with Gasteiger partial charge in [0, 0.05) is 12.3 Å². The Labute approximate surface area is 119 Å². The van der Waals surface area contributed by atoms with Gasteiger partial charge in [-0.15, -0.1) is 0 Å². The Hall–Kier alpha value is -2.55. The molecule has 0 unspecified atom stereocenters. The average molecular weight is 311 g/mol. The summed E-state index contributed by atoms with van der Waals surface area (Å²) in [7, 11) is -4.08. The van der Waals surface area contributed by atoms with Gasteiger partial charge in [-0.1, -0.05) is 0 Å². The summed E-state index contributed by atoms with van der Waals surface area (Å²) in [6, 6.07) is 4.51. The predicted octanol–water partition coefficient (Wildman–Crippen LogP) is 2.24. The number of aryl methyl sites for hydroxylation is 1. The van der Waals surface area contributed by atoms with E-state index in [1.54, 1.807) is 0 Å². The number of nitrogens with zero attached hydrogens (tertiary/aromatic N) is 2. The fraction of sp³-hybridized carbons (Fsp3) is 0.0833. The number of halogens is 1. The lowest BCUT2D eigenvalue weighted by Crippen LogP contribution is -2.15. The van der Waals surface area contributed by atoms with Crippen molar-refractivity contribution >= 4 is 21.4 Å². The van der Waals surface area contributed by atoms with E-state index in [1.165, 1.54) is 31.5 Å². The number of nitro benzene ring substituents is 1. The van der Waals surface area contributed by atoms with E-state index in [0.29, 0.717) is 6.07 Å². The second-order valence-corrected chi connectivity index (χ2v) is 5.82. The maximum absolute atomic E-state index is 13.4. The van der Waals surface area contributed by atoms with Crippen molar-refractivity contribution in [3.63, 3.8) is 0 Å². The number of nitrogens with one attached hydrogen (secondary N) is 1. The lowest BCUT2D eigenvalue weighted by Gasteiger charge is -2.10. The molecule has 1 N–H and O–H groups in total. The average Bonchev–Trinajstić information content (AvgIpc) is 2.38. The first kappa shape index (κ1) is 14.9. The first-order valence-corrected chi connectivity index (χ1v) is 7.17. The van der Waals surface area contributed by atoms with Crippen LogP contribution in [0, 0.1) is 22.9 Å². The van der Waals surface area contributed by atoms with E-state index in [4.69, 9.17) is 0 Å². The minimum absolute atomic E-state index is 0.0643. The molecule has 1 aromatic carbocycles. The van der Waals surface area contributed by atoms with Crippen LogP contribution >= 0.6 is 0 Å². The van der Waals surface area contributed by atoms with Gasteiger partial charge in [-0.3, -0.25) is 19.8 Å². The molecule has 0 saturated carbocycles. The van der Waals surface area contributed by atoms with Gasteiger partial charge in [-0.2, -0.15) is 4.39 Å². The second kappa shape index (κ2) is 5.44. The monoisotopic (exact) mass is 311 g/mol. The third-order valence-electron chi connectivity index (χ3n) is 2.64. The topological polar surface area (TPSA) is 102 Å². The van der Waals surface area contributed by atoms with Crippen molar-refractivity contribution in [3.05, 3.63) is 58.2 Å². The van der Waals surface area contributed by atoms with E-state index in [2.05, 4.69) is 9.71 Å². The number of sulfonamides is 1. The molecule has 0 spiro atoms. The Bertz CT molecular complexity index is 794. The van der Waals surface area contributed by atoms with Crippen LogP contribution in [0.25, 0.3) is 0 Å². The second-order valence-electron chi connectivity index (χ2n) is 4.17. The minimum atomic E-state index is -4.08. The molecule has 1 aromatic heterocycles. The van der Waals surface area contributed by atoms with Crippen LogP contribution in [0.1, 0.15) is 5.56 Å². The zero-order valence-corrected chi connectivity index (χ0v) is 11.6. The quantitative estimate of drug-likeness (QED) is 0.689. The van der Waals surface area contributed by atoms with Crippen LogP contribution in [-0.4, -0.2) is 18.3 Å². The number of anilines is 1. The van der Waals surface area contributed by atoms with Crippen LogP contribution in [-0.2, 0) is 10.0 Å². The van der Waals surface area contributed by atoms with Gasteiger partial charge in [-0.05, 0) is 30.7 Å². The van der Waals surface area contributed by atoms with Crippen molar-refractivity contribution in [2.24, 2.45) is 0 Å². The molecule has 110 valence electrons. The molecule has 0 atom stereocenters. The number of pyridine rings is 1. The lowest BCUT2D eigenvalue weighted by atomic mass is 10.2. The van der Waals surface area contributed by atoms with Crippen LogP contribution in [0.3, 0.4) is 0 Å². The molecule has 21 heavy (non-hydrogen) atoms. The third kappa shape index (κ3) is 3.14. The van der Waals surface area contributed by atoms with Crippen molar-refractivity contribution in [3.8, 4) is 0 Å². The van der Waals surface area contributed by atoms with Crippen molar-refractivity contribution in [1.29, 1.82) is 0 Å². The van der Waals surface area contributed by atoms with Crippen LogP contribution in [0.2, 0.25) is 0 Å². The molecule has 1 heterocycles. The van der Waals surface area contributed by atoms with Gasteiger partial charge < -0.3 is 0 Å². The van der Waals surface area contributed by atoms with Gasteiger partial charge in [0.05, 0.1) is 21.7 Å². The zero-order valence-electron chi connectivity index (χ0n) is 10.8. The van der Waals surface area contributed by atoms with Gasteiger partial charge in [0.25, 0.3) is 10.0 Å². The zero-order chi connectivity index (χ0) is 15.6. The van der Waals surface area contributed by atoms with Gasteiger partial charge >= 0.3 is 5.69 Å². The number of benzene rings is 1. The highest BCUT2D eigenvalue weighted by atomic mass is 32.2. The summed E-state index contributed by atoms with van der Waals surface area (Å²) >= 11 is 0. The molecular formula is C12H10FN3O4S. The van der Waals surface area contributed by atoms with E-state index in [0.717, 1.165) is 6.07 Å². The Balaban J connectivity index is 2.50. The minimum Gasteiger partial charge on any atom is -0.278 e. The van der Waals surface area contributed by atoms with Gasteiger partial charge in [-0.25, -0.2) is 8.42 Å². The summed E-state index contributed by atoms with van der Waals surface area (Å²) < 4.78 is 40.1. The van der Waals surface area contributed by atoms with Gasteiger partial charge in [0.15, 0.2) is 0 Å². The van der Waals surface area contributed by atoms with Gasteiger partial charge in [0.2, 0.25) is 5.82 Å². The van der Waals surface area contributed by atoms with E-state index in [1.807, 2.05) is 0 Å². The molecule has 7 nitrogen and oxygen atoms in total. The van der Waals surface area contributed by atoms with Crippen molar-refractivity contribution in [1.82, 2.24) is 4.98 Å². The smallest absolute Gasteiger partial charge is 0.278 e. The molecule has 0 bridgehead atoms. The Morgan fingerprint density at radius 1 is 1.38 bits per heavy atom. The normalized spacial score (nSPS) is 11.1. The molecule has 0 aliphatic heterocycles. The number of rotatable bonds is 4. The molecule has 0 aliphatic rings. The molecule has 2 rings (SSSR count). The molecule has 2 aromatic rings. The largest absolute Gasteiger partial charge is 0.306 e. The van der Waals surface area contributed by atoms with Crippen LogP contribution in [0.5, 0.6) is 0 Å². The lowest BCUT2D eigenvalue weighted by molar-refractivity contribution is -0.387. The van der Waals surface area contributed by atoms with E-state index >= 15 is 0 Å². The Morgan fingerprint density at radius 2 is 2.10 bits per heavy atom. The predicted molar refractivity (Wildman–Crippen MR) is 72.8 cm³/mol. The SMILES string of the molecule is Cc1cc(F)c([N+](=O)[O-])cc1S(=O)(=O)Nc1cccnc1. The highest BCUT2D eigenvalue weighted by Gasteiger charge is 2.24.